The second-order valence-corrected chi connectivity index (χ2v) is 7.39. The second kappa shape index (κ2) is 8.97. The van der Waals surface area contributed by atoms with Crippen LogP contribution < -0.4 is 11.0 Å². The number of nitrogens with one attached hydrogen (secondary N) is 1. The Bertz CT molecular complexity index is 751. The van der Waals surface area contributed by atoms with Gasteiger partial charge in [-0.25, -0.2) is 14.0 Å². The molecule has 2 heterocycles. The number of halogens is 1. The van der Waals surface area contributed by atoms with Crippen molar-refractivity contribution in [2.24, 2.45) is 5.92 Å². The van der Waals surface area contributed by atoms with Gasteiger partial charge in [0.2, 0.25) is 0 Å². The van der Waals surface area contributed by atoms with Crippen LogP contribution in [0.5, 0.6) is 0 Å². The minimum atomic E-state index is -1.41. The number of rotatable bonds is 5. The molecule has 3 rings (SSSR count). The number of hydrogen-bond donors (Lipinski definition) is 3. The van der Waals surface area contributed by atoms with Crippen molar-refractivity contribution in [2.45, 2.75) is 70.0 Å². The molecular weight excluding hydrogens is 373 g/mol. The van der Waals surface area contributed by atoms with Gasteiger partial charge in [-0.1, -0.05) is 32.1 Å². The van der Waals surface area contributed by atoms with Gasteiger partial charge in [0.25, 0.3) is 0 Å². The van der Waals surface area contributed by atoms with Crippen molar-refractivity contribution in [1.82, 2.24) is 9.55 Å². The van der Waals surface area contributed by atoms with E-state index in [2.05, 4.69) is 10.3 Å². The number of carbonyl (C=O) groups excluding carboxylic acids is 1. The van der Waals surface area contributed by atoms with E-state index >= 15 is 0 Å². The van der Waals surface area contributed by atoms with Crippen LogP contribution in [0.15, 0.2) is 11.0 Å². The Balaban J connectivity index is 1.58. The van der Waals surface area contributed by atoms with Gasteiger partial charge >= 0.3 is 11.8 Å². The van der Waals surface area contributed by atoms with E-state index in [1.54, 1.807) is 0 Å². The van der Waals surface area contributed by atoms with Crippen LogP contribution in [0, 0.1) is 11.7 Å². The molecule has 1 saturated carbocycles. The standard InChI is InChI=1S/C18H26FN3O6/c1-10-13(23)14(24)16(28-10)22-9-12(19)15(20-17(22)25)21-18(26)27-8-7-11-5-3-2-4-6-11/h9-11,13-14,16,23-24H,2-8H2,1H3,(H,20,21,25,26)/t10-,13?,14?,16-/m1/s1. The summed E-state index contributed by atoms with van der Waals surface area (Å²) in [4.78, 5) is 27.5. The molecule has 1 aromatic rings. The van der Waals surface area contributed by atoms with Crippen molar-refractivity contribution in [2.75, 3.05) is 11.9 Å². The maximum atomic E-state index is 14.3. The fourth-order valence-corrected chi connectivity index (χ4v) is 3.70. The predicted octanol–water partition coefficient (Wildman–Crippen LogP) is 1.54. The lowest BCUT2D eigenvalue weighted by atomic mass is 9.87. The molecule has 0 radical (unpaired) electrons. The maximum Gasteiger partial charge on any atom is 0.412 e. The Kier molecular flexibility index (Phi) is 6.63. The van der Waals surface area contributed by atoms with E-state index in [9.17, 15) is 24.2 Å². The summed E-state index contributed by atoms with van der Waals surface area (Å²) in [5.41, 5.74) is -0.941. The Morgan fingerprint density at radius 2 is 2.07 bits per heavy atom. The van der Waals surface area contributed by atoms with Crippen LogP contribution in [0.1, 0.15) is 51.7 Å². The van der Waals surface area contributed by atoms with Gasteiger partial charge in [0.15, 0.2) is 17.9 Å². The van der Waals surface area contributed by atoms with Crippen molar-refractivity contribution >= 4 is 11.9 Å². The van der Waals surface area contributed by atoms with E-state index in [0.717, 1.165) is 30.0 Å². The van der Waals surface area contributed by atoms with Gasteiger partial charge in [0.1, 0.15) is 12.2 Å². The second-order valence-electron chi connectivity index (χ2n) is 7.39. The first-order chi connectivity index (χ1) is 13.4. The zero-order valence-corrected chi connectivity index (χ0v) is 15.7. The third-order valence-corrected chi connectivity index (χ3v) is 5.36. The number of carbonyl (C=O) groups is 1. The molecule has 0 bridgehead atoms. The Hall–Kier alpha value is -2.04. The molecule has 9 nitrogen and oxygen atoms in total. The number of nitrogens with zero attached hydrogens (tertiary/aromatic N) is 2. The summed E-state index contributed by atoms with van der Waals surface area (Å²) >= 11 is 0. The summed E-state index contributed by atoms with van der Waals surface area (Å²) in [6.45, 7) is 1.73. The van der Waals surface area contributed by atoms with E-state index in [-0.39, 0.29) is 6.61 Å². The minimum absolute atomic E-state index is 0.215. The lowest BCUT2D eigenvalue weighted by Gasteiger charge is -2.21. The summed E-state index contributed by atoms with van der Waals surface area (Å²) in [7, 11) is 0. The molecule has 2 fully saturated rings. The molecule has 1 amide bonds. The van der Waals surface area contributed by atoms with Crippen molar-refractivity contribution < 1.29 is 28.9 Å². The van der Waals surface area contributed by atoms with Gasteiger partial charge in [-0.15, -0.1) is 0 Å². The molecule has 1 aliphatic carbocycles. The van der Waals surface area contributed by atoms with Crippen LogP contribution in [0.3, 0.4) is 0 Å². The first-order valence-electron chi connectivity index (χ1n) is 9.61. The SMILES string of the molecule is C[C@H]1O[C@@H](n2cc(F)c(NC(=O)OCCC3CCCCC3)nc2=O)C(O)C1O. The fraction of sp³-hybridized carbons (Fsp3) is 0.722. The van der Waals surface area contributed by atoms with Gasteiger partial charge in [0, 0.05) is 0 Å². The number of aromatic nitrogens is 2. The number of aliphatic hydroxyl groups excluding tert-OH is 2. The van der Waals surface area contributed by atoms with Gasteiger partial charge in [-0.05, 0) is 19.3 Å². The van der Waals surface area contributed by atoms with Gasteiger partial charge in [-0.2, -0.15) is 4.98 Å². The number of amides is 1. The fourth-order valence-electron chi connectivity index (χ4n) is 3.70. The molecule has 156 valence electrons. The zero-order valence-electron chi connectivity index (χ0n) is 15.7. The smallest absolute Gasteiger partial charge is 0.412 e. The Labute approximate surface area is 161 Å². The van der Waals surface area contributed by atoms with Crippen LogP contribution in [0.25, 0.3) is 0 Å². The highest BCUT2D eigenvalue weighted by Gasteiger charge is 2.42. The molecule has 10 heteroatoms. The Morgan fingerprint density at radius 1 is 1.36 bits per heavy atom. The molecule has 0 aromatic carbocycles. The number of ether oxygens (including phenoxy) is 2. The normalized spacial score (nSPS) is 28.3. The van der Waals surface area contributed by atoms with Crippen molar-refractivity contribution in [3.63, 3.8) is 0 Å². The van der Waals surface area contributed by atoms with E-state index in [4.69, 9.17) is 9.47 Å². The average molecular weight is 399 g/mol. The third kappa shape index (κ3) is 4.68. The summed E-state index contributed by atoms with van der Waals surface area (Å²) in [5, 5.41) is 21.8. The average Bonchev–Trinajstić information content (AvgIpc) is 2.92. The maximum absolute atomic E-state index is 14.3. The van der Waals surface area contributed by atoms with Gasteiger partial charge in [0.05, 0.1) is 18.9 Å². The highest BCUT2D eigenvalue weighted by atomic mass is 19.1. The largest absolute Gasteiger partial charge is 0.449 e. The van der Waals surface area contributed by atoms with Gasteiger partial charge < -0.3 is 19.7 Å². The highest BCUT2D eigenvalue weighted by molar-refractivity contribution is 5.83. The van der Waals surface area contributed by atoms with Crippen LogP contribution in [-0.4, -0.2) is 50.8 Å². The molecule has 1 aliphatic heterocycles. The topological polar surface area (TPSA) is 123 Å². The molecule has 3 N–H and O–H groups in total. The number of aliphatic hydroxyl groups is 2. The Morgan fingerprint density at radius 3 is 2.71 bits per heavy atom. The van der Waals surface area contributed by atoms with Crippen molar-refractivity contribution in [1.29, 1.82) is 0 Å². The summed E-state index contributed by atoms with van der Waals surface area (Å²) in [6.07, 6.45) is 1.90. The van der Waals surface area contributed by atoms with Crippen LogP contribution >= 0.6 is 0 Å². The highest BCUT2D eigenvalue weighted by Crippen LogP contribution is 2.28. The van der Waals surface area contributed by atoms with E-state index < -0.39 is 48.0 Å². The van der Waals surface area contributed by atoms with Crippen LogP contribution in [-0.2, 0) is 9.47 Å². The molecule has 28 heavy (non-hydrogen) atoms. The summed E-state index contributed by atoms with van der Waals surface area (Å²) < 4.78 is 25.4. The van der Waals surface area contributed by atoms with E-state index in [0.29, 0.717) is 5.92 Å². The molecule has 1 aromatic heterocycles. The molecular formula is C18H26FN3O6. The van der Waals surface area contributed by atoms with Crippen LogP contribution in [0.2, 0.25) is 0 Å². The number of anilines is 1. The molecule has 1 saturated heterocycles. The quantitative estimate of drug-likeness (QED) is 0.686. The molecule has 2 aliphatic rings. The predicted molar refractivity (Wildman–Crippen MR) is 96.2 cm³/mol. The van der Waals surface area contributed by atoms with E-state index in [1.165, 1.54) is 26.2 Å². The lowest BCUT2D eigenvalue weighted by Crippen LogP contribution is -2.36. The monoisotopic (exact) mass is 399 g/mol. The van der Waals surface area contributed by atoms with Crippen molar-refractivity contribution in [3.8, 4) is 0 Å². The first kappa shape index (κ1) is 20.7. The summed E-state index contributed by atoms with van der Waals surface area (Å²) in [5.74, 6) is -1.02. The molecule has 0 spiro atoms. The van der Waals surface area contributed by atoms with Gasteiger partial charge in [-0.3, -0.25) is 9.88 Å². The van der Waals surface area contributed by atoms with Crippen molar-refractivity contribution in [3.05, 3.63) is 22.5 Å². The molecule has 4 atom stereocenters. The minimum Gasteiger partial charge on any atom is -0.449 e. The number of hydrogen-bond acceptors (Lipinski definition) is 7. The lowest BCUT2D eigenvalue weighted by molar-refractivity contribution is -0.0355. The third-order valence-electron chi connectivity index (χ3n) is 5.36. The summed E-state index contributed by atoms with van der Waals surface area (Å²) in [6, 6.07) is 0. The first-order valence-corrected chi connectivity index (χ1v) is 9.61. The van der Waals surface area contributed by atoms with E-state index in [1.807, 2.05) is 0 Å². The molecule has 2 unspecified atom stereocenters. The van der Waals surface area contributed by atoms with Crippen LogP contribution in [0.4, 0.5) is 15.0 Å². The zero-order chi connectivity index (χ0) is 20.3.